The lowest BCUT2D eigenvalue weighted by atomic mass is 10.2. The number of halogens is 1. The molecule has 0 aliphatic rings. The zero-order chi connectivity index (χ0) is 14.1. The Bertz CT molecular complexity index is 742. The standard InChI is InChI=1S/C17H17FN2/c1-3-4-17-19-15-10-7-13(18)11-16(15)20(17)14-8-5-12(2)6-9-14/h5-11H,3-4H2,1-2H3. The van der Waals surface area contributed by atoms with Crippen molar-refractivity contribution in [2.24, 2.45) is 0 Å². The molecule has 1 heterocycles. The van der Waals surface area contributed by atoms with Crippen LogP contribution in [0.4, 0.5) is 4.39 Å². The first-order valence-corrected chi connectivity index (χ1v) is 6.93. The van der Waals surface area contributed by atoms with Gasteiger partial charge in [-0.1, -0.05) is 24.6 Å². The second-order valence-electron chi connectivity index (χ2n) is 5.08. The van der Waals surface area contributed by atoms with Crippen molar-refractivity contribution in [2.45, 2.75) is 26.7 Å². The Balaban J connectivity index is 2.27. The van der Waals surface area contributed by atoms with Gasteiger partial charge in [-0.25, -0.2) is 9.37 Å². The summed E-state index contributed by atoms with van der Waals surface area (Å²) in [7, 11) is 0. The predicted octanol–water partition coefficient (Wildman–Crippen LogP) is 4.43. The lowest BCUT2D eigenvalue weighted by Gasteiger charge is -2.09. The van der Waals surface area contributed by atoms with E-state index in [0.29, 0.717) is 0 Å². The van der Waals surface area contributed by atoms with Crippen LogP contribution < -0.4 is 0 Å². The van der Waals surface area contributed by atoms with Crippen LogP contribution in [0.15, 0.2) is 42.5 Å². The lowest BCUT2D eigenvalue weighted by Crippen LogP contribution is -2.01. The summed E-state index contributed by atoms with van der Waals surface area (Å²) < 4.78 is 15.6. The van der Waals surface area contributed by atoms with Gasteiger partial charge in [0.1, 0.15) is 11.6 Å². The van der Waals surface area contributed by atoms with Gasteiger partial charge in [-0.3, -0.25) is 4.57 Å². The van der Waals surface area contributed by atoms with Gasteiger partial charge >= 0.3 is 0 Å². The highest BCUT2D eigenvalue weighted by Gasteiger charge is 2.12. The largest absolute Gasteiger partial charge is 0.296 e. The van der Waals surface area contributed by atoms with Gasteiger partial charge in [0.25, 0.3) is 0 Å². The normalized spacial score (nSPS) is 11.2. The van der Waals surface area contributed by atoms with E-state index < -0.39 is 0 Å². The minimum Gasteiger partial charge on any atom is -0.296 e. The van der Waals surface area contributed by atoms with E-state index in [1.807, 2.05) is 0 Å². The van der Waals surface area contributed by atoms with E-state index in [-0.39, 0.29) is 5.82 Å². The minimum absolute atomic E-state index is 0.228. The number of nitrogens with zero attached hydrogens (tertiary/aromatic N) is 2. The summed E-state index contributed by atoms with van der Waals surface area (Å²) in [4.78, 5) is 4.64. The molecule has 0 N–H and O–H groups in total. The van der Waals surface area contributed by atoms with Crippen LogP contribution in [0.1, 0.15) is 24.7 Å². The number of aryl methyl sites for hydroxylation is 2. The molecule has 1 aromatic heterocycles. The second kappa shape index (κ2) is 5.08. The van der Waals surface area contributed by atoms with Crippen LogP contribution >= 0.6 is 0 Å². The van der Waals surface area contributed by atoms with Gasteiger partial charge in [-0.15, -0.1) is 0 Å². The number of fused-ring (bicyclic) bond motifs is 1. The van der Waals surface area contributed by atoms with Gasteiger partial charge in [-0.05, 0) is 37.6 Å². The molecule has 0 atom stereocenters. The SMILES string of the molecule is CCCc1nc2ccc(F)cc2n1-c1ccc(C)cc1. The van der Waals surface area contributed by atoms with Gasteiger partial charge in [0.05, 0.1) is 11.0 Å². The number of benzene rings is 2. The van der Waals surface area contributed by atoms with Crippen LogP contribution in [0.3, 0.4) is 0 Å². The number of imidazole rings is 1. The first kappa shape index (κ1) is 12.9. The van der Waals surface area contributed by atoms with Crippen molar-refractivity contribution in [3.8, 4) is 5.69 Å². The molecule has 0 fully saturated rings. The molecule has 3 heteroatoms. The van der Waals surface area contributed by atoms with Crippen molar-refractivity contribution in [3.05, 3.63) is 59.7 Å². The molecule has 102 valence electrons. The Kier molecular flexibility index (Phi) is 3.26. The second-order valence-corrected chi connectivity index (χ2v) is 5.08. The van der Waals surface area contributed by atoms with Crippen LogP contribution in [0.2, 0.25) is 0 Å². The molecule has 0 amide bonds. The molecule has 3 rings (SSSR count). The highest BCUT2D eigenvalue weighted by atomic mass is 19.1. The molecule has 0 unspecified atom stereocenters. The van der Waals surface area contributed by atoms with Crippen molar-refractivity contribution >= 4 is 11.0 Å². The van der Waals surface area contributed by atoms with Gasteiger partial charge in [0.2, 0.25) is 0 Å². The summed E-state index contributed by atoms with van der Waals surface area (Å²) in [6.45, 7) is 4.18. The summed E-state index contributed by atoms with van der Waals surface area (Å²) in [5.41, 5.74) is 3.92. The fourth-order valence-electron chi connectivity index (χ4n) is 2.47. The van der Waals surface area contributed by atoms with Gasteiger partial charge < -0.3 is 0 Å². The van der Waals surface area contributed by atoms with E-state index in [0.717, 1.165) is 35.4 Å². The number of rotatable bonds is 3. The molecule has 2 nitrogen and oxygen atoms in total. The zero-order valence-electron chi connectivity index (χ0n) is 11.7. The van der Waals surface area contributed by atoms with Crippen LogP contribution in [-0.4, -0.2) is 9.55 Å². The zero-order valence-corrected chi connectivity index (χ0v) is 11.7. The van der Waals surface area contributed by atoms with E-state index in [1.165, 1.54) is 11.6 Å². The van der Waals surface area contributed by atoms with E-state index in [4.69, 9.17) is 0 Å². The molecular weight excluding hydrogens is 251 g/mol. The number of aromatic nitrogens is 2. The summed E-state index contributed by atoms with van der Waals surface area (Å²) >= 11 is 0. The fourth-order valence-corrected chi connectivity index (χ4v) is 2.47. The average molecular weight is 268 g/mol. The summed E-state index contributed by atoms with van der Waals surface area (Å²) in [5, 5.41) is 0. The Morgan fingerprint density at radius 2 is 1.85 bits per heavy atom. The number of hydrogen-bond donors (Lipinski definition) is 0. The van der Waals surface area contributed by atoms with Crippen molar-refractivity contribution in [1.82, 2.24) is 9.55 Å². The maximum absolute atomic E-state index is 13.6. The molecule has 20 heavy (non-hydrogen) atoms. The molecule has 0 aliphatic heterocycles. The van der Waals surface area contributed by atoms with Crippen molar-refractivity contribution in [3.63, 3.8) is 0 Å². The van der Waals surface area contributed by atoms with Crippen molar-refractivity contribution < 1.29 is 4.39 Å². The van der Waals surface area contributed by atoms with E-state index in [2.05, 4.69) is 47.7 Å². The minimum atomic E-state index is -0.228. The van der Waals surface area contributed by atoms with Gasteiger partial charge in [0, 0.05) is 18.2 Å². The monoisotopic (exact) mass is 268 g/mol. The molecule has 0 saturated heterocycles. The van der Waals surface area contributed by atoms with E-state index in [1.54, 1.807) is 12.1 Å². The number of hydrogen-bond acceptors (Lipinski definition) is 1. The molecule has 0 saturated carbocycles. The molecule has 0 radical (unpaired) electrons. The quantitative estimate of drug-likeness (QED) is 0.687. The predicted molar refractivity (Wildman–Crippen MR) is 79.8 cm³/mol. The van der Waals surface area contributed by atoms with Crippen LogP contribution in [0.5, 0.6) is 0 Å². The maximum Gasteiger partial charge on any atom is 0.125 e. The van der Waals surface area contributed by atoms with Crippen LogP contribution in [0, 0.1) is 12.7 Å². The topological polar surface area (TPSA) is 17.8 Å². The third kappa shape index (κ3) is 2.20. The smallest absolute Gasteiger partial charge is 0.125 e. The maximum atomic E-state index is 13.6. The Labute approximate surface area is 117 Å². The summed E-state index contributed by atoms with van der Waals surface area (Å²) in [6.07, 6.45) is 1.89. The van der Waals surface area contributed by atoms with Crippen molar-refractivity contribution in [1.29, 1.82) is 0 Å². The van der Waals surface area contributed by atoms with Gasteiger partial charge in [-0.2, -0.15) is 0 Å². The molecule has 0 spiro atoms. The fraction of sp³-hybridized carbons (Fsp3) is 0.235. The summed E-state index contributed by atoms with van der Waals surface area (Å²) in [6, 6.07) is 13.0. The first-order valence-electron chi connectivity index (χ1n) is 6.93. The van der Waals surface area contributed by atoms with Crippen LogP contribution in [-0.2, 0) is 6.42 Å². The molecule has 0 aliphatic carbocycles. The molecule has 2 aromatic carbocycles. The van der Waals surface area contributed by atoms with E-state index in [9.17, 15) is 4.39 Å². The summed E-state index contributed by atoms with van der Waals surface area (Å²) in [5.74, 6) is 0.755. The molecule has 0 bridgehead atoms. The first-order chi connectivity index (χ1) is 9.69. The van der Waals surface area contributed by atoms with Crippen LogP contribution in [0.25, 0.3) is 16.7 Å². The van der Waals surface area contributed by atoms with Crippen molar-refractivity contribution in [2.75, 3.05) is 0 Å². The van der Waals surface area contributed by atoms with E-state index >= 15 is 0 Å². The Morgan fingerprint density at radius 3 is 2.55 bits per heavy atom. The highest BCUT2D eigenvalue weighted by molar-refractivity contribution is 5.78. The average Bonchev–Trinajstić information content (AvgIpc) is 2.78. The van der Waals surface area contributed by atoms with Gasteiger partial charge in [0.15, 0.2) is 0 Å². The third-order valence-corrected chi connectivity index (χ3v) is 3.45. The third-order valence-electron chi connectivity index (χ3n) is 3.45. The lowest BCUT2D eigenvalue weighted by molar-refractivity contribution is 0.629. The Morgan fingerprint density at radius 1 is 1.10 bits per heavy atom. The molecule has 3 aromatic rings. The Hall–Kier alpha value is -2.16. The highest BCUT2D eigenvalue weighted by Crippen LogP contribution is 2.23. The molecular formula is C17H17FN2.